The number of benzene rings is 1. The average molecular weight is 468 g/mol. The van der Waals surface area contributed by atoms with Crippen molar-refractivity contribution in [3.63, 3.8) is 0 Å². The van der Waals surface area contributed by atoms with Gasteiger partial charge in [-0.25, -0.2) is 9.97 Å². The first kappa shape index (κ1) is 21.9. The van der Waals surface area contributed by atoms with E-state index in [0.29, 0.717) is 26.3 Å². The van der Waals surface area contributed by atoms with Gasteiger partial charge >= 0.3 is 0 Å². The van der Waals surface area contributed by atoms with E-state index in [0.717, 1.165) is 69.9 Å². The van der Waals surface area contributed by atoms with E-state index in [1.54, 1.807) is 7.11 Å². The number of hydrogen-bond acceptors (Lipinski definition) is 8. The molecule has 33 heavy (non-hydrogen) atoms. The van der Waals surface area contributed by atoms with Gasteiger partial charge in [-0.3, -0.25) is 4.79 Å². The molecule has 0 aliphatic carbocycles. The minimum atomic E-state index is 0.0840. The SMILES string of the molecule is COc1ccccc1N1CCN(C(=O)c2sc3nc(C)nc(N4CCOCC4)c3c2C)CC1. The largest absolute Gasteiger partial charge is 0.495 e. The van der Waals surface area contributed by atoms with Crippen molar-refractivity contribution in [1.82, 2.24) is 14.9 Å². The first-order valence-corrected chi connectivity index (χ1v) is 12.2. The van der Waals surface area contributed by atoms with Crippen LogP contribution in [0.3, 0.4) is 0 Å². The predicted octanol–water partition coefficient (Wildman–Crippen LogP) is 3.12. The molecule has 2 aliphatic heterocycles. The van der Waals surface area contributed by atoms with E-state index in [2.05, 4.69) is 20.9 Å². The summed E-state index contributed by atoms with van der Waals surface area (Å²) in [4.78, 5) is 31.1. The Kier molecular flexibility index (Phi) is 6.07. The van der Waals surface area contributed by atoms with Crippen molar-refractivity contribution in [3.8, 4) is 5.75 Å². The lowest BCUT2D eigenvalue weighted by atomic mass is 10.1. The number of carbonyl (C=O) groups is 1. The molecular formula is C24H29N5O3S. The summed E-state index contributed by atoms with van der Waals surface area (Å²) in [5.41, 5.74) is 2.06. The van der Waals surface area contributed by atoms with Crippen LogP contribution in [0.2, 0.25) is 0 Å². The first-order chi connectivity index (χ1) is 16.1. The van der Waals surface area contributed by atoms with Crippen LogP contribution in [0.4, 0.5) is 11.5 Å². The highest BCUT2D eigenvalue weighted by molar-refractivity contribution is 7.20. The summed E-state index contributed by atoms with van der Waals surface area (Å²) < 4.78 is 11.0. The molecule has 2 aromatic heterocycles. The summed E-state index contributed by atoms with van der Waals surface area (Å²) in [5.74, 6) is 2.60. The second-order valence-corrected chi connectivity index (χ2v) is 9.38. The van der Waals surface area contributed by atoms with E-state index >= 15 is 0 Å². The van der Waals surface area contributed by atoms with Crippen LogP contribution in [0.1, 0.15) is 21.1 Å². The van der Waals surface area contributed by atoms with Crippen LogP contribution in [0, 0.1) is 13.8 Å². The van der Waals surface area contributed by atoms with Crippen LogP contribution in [0.25, 0.3) is 10.2 Å². The van der Waals surface area contributed by atoms with Gasteiger partial charge in [0.25, 0.3) is 5.91 Å². The molecule has 5 rings (SSSR count). The highest BCUT2D eigenvalue weighted by Gasteiger charge is 2.28. The van der Waals surface area contributed by atoms with Gasteiger partial charge < -0.3 is 24.2 Å². The molecular weight excluding hydrogens is 438 g/mol. The minimum absolute atomic E-state index is 0.0840. The van der Waals surface area contributed by atoms with Crippen molar-refractivity contribution in [3.05, 3.63) is 40.5 Å². The molecule has 4 heterocycles. The zero-order valence-corrected chi connectivity index (χ0v) is 20.2. The minimum Gasteiger partial charge on any atom is -0.495 e. The Hall–Kier alpha value is -2.91. The molecule has 174 valence electrons. The fourth-order valence-electron chi connectivity index (χ4n) is 4.61. The van der Waals surface area contributed by atoms with Gasteiger partial charge in [0.2, 0.25) is 0 Å². The van der Waals surface area contributed by atoms with Crippen LogP contribution in [-0.4, -0.2) is 80.4 Å². The molecule has 0 N–H and O–H groups in total. The number of fused-ring (bicyclic) bond motifs is 1. The third kappa shape index (κ3) is 4.11. The molecule has 2 fully saturated rings. The second-order valence-electron chi connectivity index (χ2n) is 8.38. The van der Waals surface area contributed by atoms with Crippen molar-refractivity contribution in [2.24, 2.45) is 0 Å². The lowest BCUT2D eigenvalue weighted by Crippen LogP contribution is -2.48. The molecule has 1 amide bonds. The van der Waals surface area contributed by atoms with E-state index in [9.17, 15) is 4.79 Å². The van der Waals surface area contributed by atoms with E-state index in [1.807, 2.05) is 36.9 Å². The molecule has 2 aliphatic rings. The number of rotatable bonds is 4. The number of hydrogen-bond donors (Lipinski definition) is 0. The third-order valence-electron chi connectivity index (χ3n) is 6.38. The molecule has 3 aromatic rings. The Morgan fingerprint density at radius 3 is 2.45 bits per heavy atom. The van der Waals surface area contributed by atoms with Crippen LogP contribution in [-0.2, 0) is 4.74 Å². The topological polar surface area (TPSA) is 71.0 Å². The standard InChI is InChI=1S/C24H29N5O3S/c1-16-20-22(28-12-14-32-15-13-28)25-17(2)26-23(20)33-21(16)24(30)29-10-8-27(9-11-29)18-6-4-5-7-19(18)31-3/h4-7H,8-15H2,1-3H3. The van der Waals surface area contributed by atoms with Crippen LogP contribution >= 0.6 is 11.3 Å². The van der Waals surface area contributed by atoms with Crippen molar-refractivity contribution in [1.29, 1.82) is 0 Å². The number of para-hydroxylation sites is 2. The van der Waals surface area contributed by atoms with Gasteiger partial charge in [-0.1, -0.05) is 12.1 Å². The maximum absolute atomic E-state index is 13.5. The maximum atomic E-state index is 13.5. The van der Waals surface area contributed by atoms with Gasteiger partial charge in [0.05, 0.1) is 36.3 Å². The number of aryl methyl sites for hydroxylation is 2. The maximum Gasteiger partial charge on any atom is 0.264 e. The summed E-state index contributed by atoms with van der Waals surface area (Å²) in [6.07, 6.45) is 0. The van der Waals surface area contributed by atoms with Crippen LogP contribution in [0.5, 0.6) is 5.75 Å². The van der Waals surface area contributed by atoms with Gasteiger partial charge in [0, 0.05) is 39.3 Å². The number of thiophene rings is 1. The number of morpholine rings is 1. The predicted molar refractivity (Wildman–Crippen MR) is 131 cm³/mol. The van der Waals surface area contributed by atoms with Gasteiger partial charge in [-0.2, -0.15) is 0 Å². The number of methoxy groups -OCH3 is 1. The average Bonchev–Trinajstić information content (AvgIpc) is 3.19. The quantitative estimate of drug-likeness (QED) is 0.584. The molecule has 0 radical (unpaired) electrons. The molecule has 9 heteroatoms. The number of nitrogens with zero attached hydrogens (tertiary/aromatic N) is 5. The Morgan fingerprint density at radius 2 is 1.73 bits per heavy atom. The molecule has 0 spiro atoms. The Bertz CT molecular complexity index is 1170. The molecule has 2 saturated heterocycles. The van der Waals surface area contributed by atoms with Crippen LogP contribution < -0.4 is 14.5 Å². The van der Waals surface area contributed by atoms with E-state index in [4.69, 9.17) is 14.5 Å². The fraction of sp³-hybridized carbons (Fsp3) is 0.458. The lowest BCUT2D eigenvalue weighted by molar-refractivity contribution is 0.0751. The number of piperazine rings is 1. The number of carbonyl (C=O) groups excluding carboxylic acids is 1. The Morgan fingerprint density at radius 1 is 1.00 bits per heavy atom. The van der Waals surface area contributed by atoms with Gasteiger partial charge in [-0.05, 0) is 31.5 Å². The summed E-state index contributed by atoms with van der Waals surface area (Å²) in [5, 5.41) is 1.00. The summed E-state index contributed by atoms with van der Waals surface area (Å²) in [6.45, 7) is 9.81. The molecule has 0 unspecified atom stereocenters. The van der Waals surface area contributed by atoms with Crippen molar-refractivity contribution < 1.29 is 14.3 Å². The number of ether oxygens (including phenoxy) is 2. The van der Waals surface area contributed by atoms with E-state index < -0.39 is 0 Å². The van der Waals surface area contributed by atoms with Crippen molar-refractivity contribution >= 4 is 39.0 Å². The molecule has 0 atom stereocenters. The van der Waals surface area contributed by atoms with E-state index in [1.165, 1.54) is 11.3 Å². The monoisotopic (exact) mass is 467 g/mol. The second kappa shape index (κ2) is 9.15. The molecule has 0 saturated carbocycles. The third-order valence-corrected chi connectivity index (χ3v) is 7.55. The summed E-state index contributed by atoms with van der Waals surface area (Å²) >= 11 is 1.49. The highest BCUT2D eigenvalue weighted by atomic mass is 32.1. The number of aromatic nitrogens is 2. The van der Waals surface area contributed by atoms with Gasteiger partial charge in [0.15, 0.2) is 0 Å². The summed E-state index contributed by atoms with van der Waals surface area (Å²) in [7, 11) is 1.69. The van der Waals surface area contributed by atoms with Gasteiger partial charge in [-0.15, -0.1) is 11.3 Å². The van der Waals surface area contributed by atoms with Crippen LogP contribution in [0.15, 0.2) is 24.3 Å². The van der Waals surface area contributed by atoms with Gasteiger partial charge in [0.1, 0.15) is 22.2 Å². The lowest BCUT2D eigenvalue weighted by Gasteiger charge is -2.36. The molecule has 0 bridgehead atoms. The van der Waals surface area contributed by atoms with Crippen molar-refractivity contribution in [2.75, 3.05) is 69.4 Å². The fourth-order valence-corrected chi connectivity index (χ4v) is 5.80. The van der Waals surface area contributed by atoms with Crippen molar-refractivity contribution in [2.45, 2.75) is 13.8 Å². The number of amides is 1. The zero-order valence-electron chi connectivity index (χ0n) is 19.3. The normalized spacial score (nSPS) is 17.0. The molecule has 8 nitrogen and oxygen atoms in total. The molecule has 1 aromatic carbocycles. The number of anilines is 2. The zero-order chi connectivity index (χ0) is 22.9. The van der Waals surface area contributed by atoms with E-state index in [-0.39, 0.29) is 5.91 Å². The smallest absolute Gasteiger partial charge is 0.264 e. The highest BCUT2D eigenvalue weighted by Crippen LogP contribution is 2.37. The Balaban J connectivity index is 1.38. The Labute approximate surface area is 197 Å². The first-order valence-electron chi connectivity index (χ1n) is 11.3. The summed E-state index contributed by atoms with van der Waals surface area (Å²) in [6, 6.07) is 8.04.